The molecule has 19 heavy (non-hydrogen) atoms. The summed E-state index contributed by atoms with van der Waals surface area (Å²) in [5.41, 5.74) is 0. The fraction of sp³-hybridized carbons (Fsp3) is 0.667. The maximum atomic E-state index is 11.2. The third kappa shape index (κ3) is 8.53. The van der Waals surface area contributed by atoms with Gasteiger partial charge in [0.2, 0.25) is 0 Å². The molecule has 0 amide bonds. The van der Waals surface area contributed by atoms with Crippen LogP contribution in [0, 0.1) is 0 Å². The average molecular weight is 320 g/mol. The molecule has 0 spiro atoms. The summed E-state index contributed by atoms with van der Waals surface area (Å²) in [6, 6.07) is 0. The molecule has 0 aliphatic carbocycles. The van der Waals surface area contributed by atoms with E-state index in [0.29, 0.717) is 0 Å². The topological polar surface area (TPSA) is 0 Å². The van der Waals surface area contributed by atoms with E-state index in [9.17, 15) is 57.1 Å². The molecule has 13 heteroatoms. The molecule has 116 valence electrons. The fourth-order valence-electron chi connectivity index (χ4n) is 0.293. The minimum atomic E-state index is -5.85. The summed E-state index contributed by atoms with van der Waals surface area (Å²) >= 11 is 0. The highest BCUT2D eigenvalue weighted by molar-refractivity contribution is 4.98. The summed E-state index contributed by atoms with van der Waals surface area (Å²) in [6.45, 7) is 0. The van der Waals surface area contributed by atoms with Crippen LogP contribution < -0.4 is 0 Å². The standard InChI is InChI=1S/C3HF7.C3F6/c4-1(2(5,6)7)3(8,9)10;4-1(2(5)6)3(7,8)9/h1H;. The molecular formula is C6HF13. The highest BCUT2D eigenvalue weighted by atomic mass is 19.4. The Morgan fingerprint density at radius 3 is 0.895 bits per heavy atom. The van der Waals surface area contributed by atoms with Crippen LogP contribution in [0.25, 0.3) is 0 Å². The maximum Gasteiger partial charge on any atom is 0.448 e. The molecule has 0 atom stereocenters. The predicted octanol–water partition coefficient (Wildman–Crippen LogP) is 5.08. The Bertz CT molecular complexity index is 283. The molecule has 0 saturated heterocycles. The van der Waals surface area contributed by atoms with Crippen LogP contribution in [0.15, 0.2) is 11.9 Å². The van der Waals surface area contributed by atoms with Crippen LogP contribution in [0.1, 0.15) is 0 Å². The van der Waals surface area contributed by atoms with Gasteiger partial charge in [-0.3, -0.25) is 0 Å². The highest BCUT2D eigenvalue weighted by Crippen LogP contribution is 2.35. The molecule has 0 N–H and O–H groups in total. The molecule has 0 aromatic carbocycles. The molecule has 0 bridgehead atoms. The molecule has 0 aliphatic rings. The molecule has 0 aromatic rings. The van der Waals surface area contributed by atoms with Crippen molar-refractivity contribution in [1.29, 1.82) is 0 Å². The lowest BCUT2D eigenvalue weighted by molar-refractivity contribution is -0.285. The van der Waals surface area contributed by atoms with Crippen molar-refractivity contribution in [2.24, 2.45) is 0 Å². The van der Waals surface area contributed by atoms with E-state index < -0.39 is 36.6 Å². The summed E-state index contributed by atoms with van der Waals surface area (Å²) < 4.78 is 141. The van der Waals surface area contributed by atoms with E-state index in [0.717, 1.165) is 0 Å². The number of alkyl halides is 10. The van der Waals surface area contributed by atoms with Gasteiger partial charge in [-0.05, 0) is 0 Å². The zero-order valence-electron chi connectivity index (χ0n) is 7.99. The molecule has 0 aliphatic heterocycles. The van der Waals surface area contributed by atoms with Crippen LogP contribution in [-0.2, 0) is 0 Å². The Kier molecular flexibility index (Phi) is 6.71. The molecule has 0 unspecified atom stereocenters. The van der Waals surface area contributed by atoms with Gasteiger partial charge in [0.25, 0.3) is 12.0 Å². The number of hydrogen-bond acceptors (Lipinski definition) is 0. The van der Waals surface area contributed by atoms with Crippen molar-refractivity contribution >= 4 is 0 Å². The summed E-state index contributed by atoms with van der Waals surface area (Å²) in [5.74, 6) is -3.33. The van der Waals surface area contributed by atoms with Gasteiger partial charge < -0.3 is 0 Å². The lowest BCUT2D eigenvalue weighted by Gasteiger charge is -2.14. The fourth-order valence-corrected chi connectivity index (χ4v) is 0.293. The van der Waals surface area contributed by atoms with E-state index in [1.54, 1.807) is 0 Å². The van der Waals surface area contributed by atoms with Crippen molar-refractivity contribution in [1.82, 2.24) is 0 Å². The van der Waals surface area contributed by atoms with Gasteiger partial charge in [0, 0.05) is 0 Å². The SMILES string of the molecule is FC(C(F)(F)F)C(F)(F)F.FC(F)=C(F)C(F)(F)F. The van der Waals surface area contributed by atoms with Gasteiger partial charge in [-0.1, -0.05) is 0 Å². The number of halogens is 13. The normalized spacial score (nSPS) is 12.9. The van der Waals surface area contributed by atoms with Crippen molar-refractivity contribution < 1.29 is 57.1 Å². The van der Waals surface area contributed by atoms with Gasteiger partial charge in [0.1, 0.15) is 0 Å². The molecule has 0 nitrogen and oxygen atoms in total. The molecule has 0 rings (SSSR count). The van der Waals surface area contributed by atoms with Crippen molar-refractivity contribution in [2.75, 3.05) is 0 Å². The van der Waals surface area contributed by atoms with E-state index in [-0.39, 0.29) is 0 Å². The minimum absolute atomic E-state index is 3.33. The molecule has 0 saturated carbocycles. The van der Waals surface area contributed by atoms with Crippen LogP contribution in [0.3, 0.4) is 0 Å². The summed E-state index contributed by atoms with van der Waals surface area (Å²) in [4.78, 5) is 0. The Morgan fingerprint density at radius 2 is 0.895 bits per heavy atom. The van der Waals surface area contributed by atoms with E-state index in [2.05, 4.69) is 0 Å². The second-order valence-corrected chi connectivity index (χ2v) is 2.52. The first-order chi connectivity index (χ1) is 8.01. The monoisotopic (exact) mass is 320 g/mol. The van der Waals surface area contributed by atoms with E-state index in [1.165, 1.54) is 0 Å². The average Bonchev–Trinajstić information content (AvgIpc) is 2.12. The lowest BCUT2D eigenvalue weighted by atomic mass is 10.4. The Balaban J connectivity index is 0. The molecule has 0 aromatic heterocycles. The zero-order chi connectivity index (χ0) is 16.2. The third-order valence-corrected chi connectivity index (χ3v) is 0.990. The lowest BCUT2D eigenvalue weighted by Crippen LogP contribution is -2.38. The van der Waals surface area contributed by atoms with E-state index in [4.69, 9.17) is 0 Å². The van der Waals surface area contributed by atoms with Crippen LogP contribution in [-0.4, -0.2) is 24.7 Å². The van der Waals surface area contributed by atoms with Crippen molar-refractivity contribution in [3.63, 3.8) is 0 Å². The van der Waals surface area contributed by atoms with E-state index in [1.807, 2.05) is 0 Å². The van der Waals surface area contributed by atoms with Crippen LogP contribution in [0.5, 0.6) is 0 Å². The highest BCUT2D eigenvalue weighted by Gasteiger charge is 2.57. The first-order valence-electron chi connectivity index (χ1n) is 3.56. The zero-order valence-corrected chi connectivity index (χ0v) is 7.99. The first kappa shape index (κ1) is 20.2. The van der Waals surface area contributed by atoms with Gasteiger partial charge >= 0.3 is 24.6 Å². The Hall–Kier alpha value is -1.17. The second-order valence-electron chi connectivity index (χ2n) is 2.52. The summed E-state index contributed by atoms with van der Waals surface area (Å²) in [6.07, 6.45) is -25.3. The van der Waals surface area contributed by atoms with Gasteiger partial charge in [0.15, 0.2) is 0 Å². The Morgan fingerprint density at radius 1 is 0.632 bits per heavy atom. The van der Waals surface area contributed by atoms with Crippen molar-refractivity contribution in [3.05, 3.63) is 11.9 Å². The van der Waals surface area contributed by atoms with Crippen LogP contribution >= 0.6 is 0 Å². The largest absolute Gasteiger partial charge is 0.448 e. The van der Waals surface area contributed by atoms with Gasteiger partial charge in [-0.2, -0.15) is 52.7 Å². The smallest absolute Gasteiger partial charge is 0.227 e. The second kappa shape index (κ2) is 6.32. The molecule has 0 radical (unpaired) electrons. The van der Waals surface area contributed by atoms with Gasteiger partial charge in [-0.15, -0.1) is 0 Å². The minimum Gasteiger partial charge on any atom is -0.227 e. The predicted molar refractivity (Wildman–Crippen MR) is 33.4 cm³/mol. The van der Waals surface area contributed by atoms with Crippen LogP contribution in [0.2, 0.25) is 0 Å². The quantitative estimate of drug-likeness (QED) is 0.546. The molecule has 0 heterocycles. The number of allylic oxidation sites excluding steroid dienone is 1. The summed E-state index contributed by atoms with van der Waals surface area (Å²) in [5, 5.41) is 0. The van der Waals surface area contributed by atoms with Gasteiger partial charge in [0.05, 0.1) is 0 Å². The van der Waals surface area contributed by atoms with Crippen molar-refractivity contribution in [2.45, 2.75) is 24.7 Å². The first-order valence-corrected chi connectivity index (χ1v) is 3.56. The molecule has 0 fully saturated rings. The number of rotatable bonds is 0. The van der Waals surface area contributed by atoms with Gasteiger partial charge in [-0.25, -0.2) is 4.39 Å². The van der Waals surface area contributed by atoms with Crippen molar-refractivity contribution in [3.8, 4) is 0 Å². The Labute approximate surface area is 95.0 Å². The van der Waals surface area contributed by atoms with E-state index >= 15 is 0 Å². The third-order valence-electron chi connectivity index (χ3n) is 0.990. The molecular weight excluding hydrogens is 319 g/mol. The maximum absolute atomic E-state index is 11.2. The van der Waals surface area contributed by atoms with Crippen LogP contribution in [0.4, 0.5) is 57.1 Å². The number of hydrogen-bond donors (Lipinski definition) is 0. The summed E-state index contributed by atoms with van der Waals surface area (Å²) in [7, 11) is 0.